The molecular formula is C26H33N3O6. The highest BCUT2D eigenvalue weighted by Crippen LogP contribution is 2.28. The van der Waals surface area contributed by atoms with Crippen molar-refractivity contribution >= 4 is 24.0 Å². The molecule has 0 saturated carbocycles. The number of ether oxygens (including phenoxy) is 3. The number of benzene rings is 2. The molecular weight excluding hydrogens is 450 g/mol. The summed E-state index contributed by atoms with van der Waals surface area (Å²) in [7, 11) is 0. The number of nitrogens with one attached hydrogen (secondary N) is 2. The minimum Gasteiger partial charge on any atom is -0.490 e. The second-order valence-corrected chi connectivity index (χ2v) is 8.03. The summed E-state index contributed by atoms with van der Waals surface area (Å²) in [6.07, 6.45) is 1.45. The number of hydrogen-bond acceptors (Lipinski definition) is 7. The van der Waals surface area contributed by atoms with Crippen molar-refractivity contribution in [3.8, 4) is 11.5 Å². The van der Waals surface area contributed by atoms with E-state index in [1.54, 1.807) is 37.3 Å². The Labute approximate surface area is 205 Å². The highest BCUT2D eigenvalue weighted by Gasteiger charge is 2.24. The van der Waals surface area contributed by atoms with E-state index in [0.29, 0.717) is 29.2 Å². The average molecular weight is 484 g/mol. The number of esters is 1. The molecule has 0 spiro atoms. The zero-order valence-electron chi connectivity index (χ0n) is 20.8. The van der Waals surface area contributed by atoms with E-state index in [1.807, 2.05) is 39.8 Å². The lowest BCUT2D eigenvalue weighted by molar-refractivity contribution is -0.145. The Morgan fingerprint density at radius 3 is 2.31 bits per heavy atom. The molecule has 9 nitrogen and oxygen atoms in total. The van der Waals surface area contributed by atoms with Gasteiger partial charge in [0.05, 0.1) is 19.4 Å². The maximum atomic E-state index is 12.7. The molecule has 0 aliphatic rings. The summed E-state index contributed by atoms with van der Waals surface area (Å²) in [5.74, 6) is -0.576. The van der Waals surface area contributed by atoms with Crippen LogP contribution in [-0.4, -0.2) is 49.9 Å². The van der Waals surface area contributed by atoms with Crippen LogP contribution in [0, 0.1) is 12.8 Å². The van der Waals surface area contributed by atoms with Crippen molar-refractivity contribution < 1.29 is 28.6 Å². The van der Waals surface area contributed by atoms with Crippen molar-refractivity contribution in [3.05, 3.63) is 59.2 Å². The monoisotopic (exact) mass is 483 g/mol. The van der Waals surface area contributed by atoms with Crippen molar-refractivity contribution in [2.75, 3.05) is 19.8 Å². The zero-order valence-corrected chi connectivity index (χ0v) is 20.8. The smallest absolute Gasteiger partial charge is 0.344 e. The second kappa shape index (κ2) is 13.7. The highest BCUT2D eigenvalue weighted by molar-refractivity contribution is 5.97. The number of hydrazone groups is 1. The average Bonchev–Trinajstić information content (AvgIpc) is 2.82. The summed E-state index contributed by atoms with van der Waals surface area (Å²) in [4.78, 5) is 36.8. The molecule has 2 aromatic rings. The Morgan fingerprint density at radius 2 is 1.69 bits per heavy atom. The number of rotatable bonds is 12. The van der Waals surface area contributed by atoms with Crippen molar-refractivity contribution in [3.63, 3.8) is 0 Å². The van der Waals surface area contributed by atoms with Crippen molar-refractivity contribution in [1.82, 2.24) is 10.7 Å². The first-order valence-electron chi connectivity index (χ1n) is 11.5. The van der Waals surface area contributed by atoms with Gasteiger partial charge >= 0.3 is 5.97 Å². The first kappa shape index (κ1) is 27.4. The largest absolute Gasteiger partial charge is 0.490 e. The van der Waals surface area contributed by atoms with Crippen LogP contribution in [-0.2, 0) is 14.3 Å². The third-order valence-corrected chi connectivity index (χ3v) is 4.86. The van der Waals surface area contributed by atoms with Crippen LogP contribution in [0.15, 0.2) is 47.6 Å². The molecule has 0 heterocycles. The van der Waals surface area contributed by atoms with Gasteiger partial charge in [-0.3, -0.25) is 9.59 Å². The van der Waals surface area contributed by atoms with Crippen LogP contribution in [0.3, 0.4) is 0 Å². The molecule has 0 radical (unpaired) electrons. The minimum absolute atomic E-state index is 0.153. The van der Waals surface area contributed by atoms with Crippen LogP contribution in [0.2, 0.25) is 0 Å². The fourth-order valence-corrected chi connectivity index (χ4v) is 3.04. The van der Waals surface area contributed by atoms with Gasteiger partial charge in [0.25, 0.3) is 11.8 Å². The Hall–Kier alpha value is -3.88. The van der Waals surface area contributed by atoms with Gasteiger partial charge in [0, 0.05) is 5.56 Å². The molecule has 0 bridgehead atoms. The molecule has 2 amide bonds. The maximum absolute atomic E-state index is 12.7. The molecule has 0 aliphatic carbocycles. The van der Waals surface area contributed by atoms with Gasteiger partial charge in [-0.15, -0.1) is 0 Å². The molecule has 188 valence electrons. The van der Waals surface area contributed by atoms with Crippen LogP contribution < -0.4 is 20.2 Å². The zero-order chi connectivity index (χ0) is 25.8. The summed E-state index contributed by atoms with van der Waals surface area (Å²) < 4.78 is 15.9. The van der Waals surface area contributed by atoms with Crippen LogP contribution in [0.25, 0.3) is 0 Å². The molecule has 2 aromatic carbocycles. The fourth-order valence-electron chi connectivity index (χ4n) is 3.04. The first-order chi connectivity index (χ1) is 16.7. The summed E-state index contributed by atoms with van der Waals surface area (Å²) in [6.45, 7) is 9.59. The summed E-state index contributed by atoms with van der Waals surface area (Å²) in [5, 5.41) is 6.79. The van der Waals surface area contributed by atoms with Gasteiger partial charge in [-0.05, 0) is 62.6 Å². The summed E-state index contributed by atoms with van der Waals surface area (Å²) in [6, 6.07) is 11.4. The molecule has 35 heavy (non-hydrogen) atoms. The lowest BCUT2D eigenvalue weighted by atomic mass is 10.0. The van der Waals surface area contributed by atoms with Crippen molar-refractivity contribution in [2.24, 2.45) is 11.0 Å². The van der Waals surface area contributed by atoms with Gasteiger partial charge in [0.2, 0.25) is 0 Å². The lowest BCUT2D eigenvalue weighted by Crippen LogP contribution is -2.48. The van der Waals surface area contributed by atoms with Gasteiger partial charge in [0.15, 0.2) is 18.1 Å². The Kier molecular flexibility index (Phi) is 10.7. The molecule has 0 saturated heterocycles. The molecule has 2 rings (SSSR count). The van der Waals surface area contributed by atoms with E-state index in [9.17, 15) is 14.4 Å². The molecule has 1 atom stereocenters. The van der Waals surface area contributed by atoms with Gasteiger partial charge in [-0.1, -0.05) is 31.5 Å². The lowest BCUT2D eigenvalue weighted by Gasteiger charge is -2.20. The Balaban J connectivity index is 2.03. The van der Waals surface area contributed by atoms with E-state index in [-0.39, 0.29) is 25.0 Å². The van der Waals surface area contributed by atoms with Gasteiger partial charge in [-0.25, -0.2) is 10.2 Å². The van der Waals surface area contributed by atoms with E-state index in [1.165, 1.54) is 6.21 Å². The third-order valence-electron chi connectivity index (χ3n) is 4.86. The molecule has 1 unspecified atom stereocenters. The SMILES string of the molecule is CCOC(=O)COc1ccc(C=NNC(=O)C(NC(=O)c2ccc(C)cc2)C(C)C)cc1OCC. The standard InChI is InChI=1S/C26H33N3O6/c1-6-33-22-14-19(10-13-21(22)35-16-23(30)34-7-2)15-27-29-26(32)24(17(3)4)28-25(31)20-11-8-18(5)9-12-20/h8-15,17,24H,6-7,16H2,1-5H3,(H,28,31)(H,29,32). The van der Waals surface area contributed by atoms with Crippen molar-refractivity contribution in [2.45, 2.75) is 40.7 Å². The Morgan fingerprint density at radius 1 is 0.971 bits per heavy atom. The maximum Gasteiger partial charge on any atom is 0.344 e. The van der Waals surface area contributed by atoms with Gasteiger partial charge in [-0.2, -0.15) is 5.10 Å². The third kappa shape index (κ3) is 8.77. The topological polar surface area (TPSA) is 115 Å². The van der Waals surface area contributed by atoms with Crippen LogP contribution in [0.5, 0.6) is 11.5 Å². The molecule has 9 heteroatoms. The van der Waals surface area contributed by atoms with Crippen molar-refractivity contribution in [1.29, 1.82) is 0 Å². The first-order valence-corrected chi connectivity index (χ1v) is 11.5. The van der Waals surface area contributed by atoms with Crippen LogP contribution in [0.1, 0.15) is 49.2 Å². The Bertz CT molecular complexity index is 1030. The fraction of sp³-hybridized carbons (Fsp3) is 0.385. The van der Waals surface area contributed by atoms with E-state index < -0.39 is 17.9 Å². The van der Waals surface area contributed by atoms with Gasteiger partial charge in [0.1, 0.15) is 6.04 Å². The summed E-state index contributed by atoms with van der Waals surface area (Å²) in [5.41, 5.74) is 4.64. The number of carbonyl (C=O) groups is 3. The quantitative estimate of drug-likeness (QED) is 0.272. The normalized spacial score (nSPS) is 11.7. The highest BCUT2D eigenvalue weighted by atomic mass is 16.6. The van der Waals surface area contributed by atoms with Gasteiger partial charge < -0.3 is 19.5 Å². The predicted octanol–water partition coefficient (Wildman–Crippen LogP) is 3.24. The van der Waals surface area contributed by atoms with E-state index in [4.69, 9.17) is 14.2 Å². The van der Waals surface area contributed by atoms with E-state index in [2.05, 4.69) is 15.8 Å². The molecule has 0 aromatic heterocycles. The van der Waals surface area contributed by atoms with E-state index >= 15 is 0 Å². The molecule has 0 aliphatic heterocycles. The number of hydrogen-bond donors (Lipinski definition) is 2. The summed E-state index contributed by atoms with van der Waals surface area (Å²) >= 11 is 0. The van der Waals surface area contributed by atoms with E-state index in [0.717, 1.165) is 5.56 Å². The molecule has 0 fully saturated rings. The number of aryl methyl sites for hydroxylation is 1. The van der Waals surface area contributed by atoms with Crippen LogP contribution in [0.4, 0.5) is 0 Å². The number of nitrogens with zero attached hydrogens (tertiary/aromatic N) is 1. The predicted molar refractivity (Wildman–Crippen MR) is 133 cm³/mol. The molecule has 2 N–H and O–H groups in total. The number of carbonyl (C=O) groups excluding carboxylic acids is 3. The minimum atomic E-state index is -0.765. The number of amides is 2. The second-order valence-electron chi connectivity index (χ2n) is 8.03. The van der Waals surface area contributed by atoms with Crippen LogP contribution >= 0.6 is 0 Å².